The van der Waals surface area contributed by atoms with Gasteiger partial charge in [-0.2, -0.15) is 0 Å². The summed E-state index contributed by atoms with van der Waals surface area (Å²) in [5, 5.41) is 6.81. The van der Waals surface area contributed by atoms with E-state index in [-0.39, 0.29) is 12.1 Å². The number of primary amides is 1. The summed E-state index contributed by atoms with van der Waals surface area (Å²) in [5.74, 6) is -2.43. The van der Waals surface area contributed by atoms with E-state index in [4.69, 9.17) is 5.73 Å². The Morgan fingerprint density at radius 1 is 1.37 bits per heavy atom. The number of fused-ring (bicyclic) bond motifs is 1. The normalized spacial score (nSPS) is 22.2. The van der Waals surface area contributed by atoms with Crippen molar-refractivity contribution in [3.63, 3.8) is 0 Å². The van der Waals surface area contributed by atoms with Gasteiger partial charge in [0.2, 0.25) is 0 Å². The van der Waals surface area contributed by atoms with Gasteiger partial charge >= 0.3 is 160 Å². The molecule has 27 heavy (non-hydrogen) atoms. The molecule has 3 heterocycles. The molecule has 1 aliphatic carbocycles. The maximum atomic E-state index is 13.4. The Hall–Kier alpha value is -2.41. The van der Waals surface area contributed by atoms with Crippen LogP contribution in [0.25, 0.3) is 22.3 Å². The number of halogens is 3. The van der Waals surface area contributed by atoms with E-state index >= 15 is 0 Å². The standard InChI is InChI=1S/C17H13AsF3N5O/c1-7-8(6-23-26-7)13-4-10(18)14-12(24-13)3-2-11(25-14)9-5-16(9,15(22)27)17(19,20)21/h2-4,6,9H,5H2,1H3,(H2,22,27)(H,23,26). The zero-order valence-corrected chi connectivity index (χ0v) is 15.9. The van der Waals surface area contributed by atoms with E-state index in [9.17, 15) is 18.0 Å². The van der Waals surface area contributed by atoms with Gasteiger partial charge in [-0.1, -0.05) is 0 Å². The first-order valence-corrected chi connectivity index (χ1v) is 8.96. The van der Waals surface area contributed by atoms with Crippen molar-refractivity contribution in [3.05, 3.63) is 35.8 Å². The van der Waals surface area contributed by atoms with Crippen molar-refractivity contribution in [1.82, 2.24) is 20.2 Å². The number of aryl methyl sites for hydroxylation is 1. The van der Waals surface area contributed by atoms with Gasteiger partial charge < -0.3 is 0 Å². The minimum absolute atomic E-state index is 0.194. The monoisotopic (exact) mass is 435 g/mol. The van der Waals surface area contributed by atoms with Gasteiger partial charge in [-0.05, 0) is 0 Å². The quantitative estimate of drug-likeness (QED) is 0.612. The van der Waals surface area contributed by atoms with Gasteiger partial charge in [-0.3, -0.25) is 0 Å². The van der Waals surface area contributed by atoms with Crippen molar-refractivity contribution >= 4 is 38.1 Å². The van der Waals surface area contributed by atoms with Crippen molar-refractivity contribution in [2.24, 2.45) is 11.1 Å². The summed E-state index contributed by atoms with van der Waals surface area (Å²) in [6.07, 6.45) is -3.42. The Labute approximate surface area is 160 Å². The van der Waals surface area contributed by atoms with Crippen LogP contribution in [0.4, 0.5) is 13.2 Å². The summed E-state index contributed by atoms with van der Waals surface area (Å²) < 4.78 is 40.8. The Kier molecular flexibility index (Phi) is 3.86. The number of nitrogens with one attached hydrogen (secondary N) is 1. The number of hydrogen-bond donors (Lipinski definition) is 2. The third kappa shape index (κ3) is 2.64. The van der Waals surface area contributed by atoms with Crippen molar-refractivity contribution in [2.45, 2.75) is 25.4 Å². The number of alkyl halides is 3. The number of carbonyl (C=O) groups excluding carboxylic acids is 1. The molecule has 1 fully saturated rings. The molecule has 1 aliphatic rings. The molecular formula is C17H13AsF3N5O. The van der Waals surface area contributed by atoms with Crippen LogP contribution in [0.2, 0.25) is 0 Å². The number of nitrogens with two attached hydrogens (primary N) is 1. The molecule has 3 aromatic heterocycles. The van der Waals surface area contributed by atoms with E-state index in [1.54, 1.807) is 18.3 Å². The second kappa shape index (κ2) is 5.79. The van der Waals surface area contributed by atoms with Crippen molar-refractivity contribution in [3.8, 4) is 11.3 Å². The molecule has 4 rings (SSSR count). The van der Waals surface area contributed by atoms with Crippen molar-refractivity contribution in [2.75, 3.05) is 0 Å². The molecule has 0 bridgehead atoms. The first-order chi connectivity index (χ1) is 12.6. The second-order valence-corrected chi connectivity index (χ2v) is 7.64. The van der Waals surface area contributed by atoms with E-state index in [0.29, 0.717) is 21.1 Å². The van der Waals surface area contributed by atoms with E-state index < -0.39 is 23.4 Å². The van der Waals surface area contributed by atoms with Crippen LogP contribution in [0, 0.1) is 12.3 Å². The molecule has 138 valence electrons. The fraction of sp³-hybridized carbons (Fsp3) is 0.294. The van der Waals surface area contributed by atoms with Gasteiger partial charge in [0, 0.05) is 0 Å². The third-order valence-electron chi connectivity index (χ3n) is 5.02. The zero-order chi connectivity index (χ0) is 19.6. The number of aromatic nitrogens is 4. The zero-order valence-electron chi connectivity index (χ0n) is 14.0. The Morgan fingerprint density at radius 3 is 2.67 bits per heavy atom. The summed E-state index contributed by atoms with van der Waals surface area (Å²) in [6.45, 7) is 1.87. The molecule has 0 aliphatic heterocycles. The van der Waals surface area contributed by atoms with Gasteiger partial charge in [-0.25, -0.2) is 0 Å². The summed E-state index contributed by atoms with van der Waals surface area (Å²) in [5.41, 5.74) is 6.13. The van der Waals surface area contributed by atoms with Crippen molar-refractivity contribution in [1.29, 1.82) is 0 Å². The Morgan fingerprint density at radius 2 is 2.11 bits per heavy atom. The number of aromatic amines is 1. The fourth-order valence-corrected chi connectivity index (χ4v) is 3.99. The molecule has 6 nitrogen and oxygen atoms in total. The van der Waals surface area contributed by atoms with Crippen LogP contribution in [0.1, 0.15) is 23.7 Å². The molecule has 0 aromatic carbocycles. The number of rotatable bonds is 3. The molecule has 3 N–H and O–H groups in total. The van der Waals surface area contributed by atoms with E-state index in [1.165, 1.54) is 6.07 Å². The molecule has 0 saturated heterocycles. The molecule has 10 heteroatoms. The Balaban J connectivity index is 1.78. The number of carbonyl (C=O) groups is 1. The summed E-state index contributed by atoms with van der Waals surface area (Å²) in [7, 11) is 0. The molecule has 2 radical (unpaired) electrons. The van der Waals surface area contributed by atoms with Crippen LogP contribution in [0.15, 0.2) is 24.4 Å². The molecule has 1 amide bonds. The number of nitrogens with zero attached hydrogens (tertiary/aromatic N) is 3. The molecule has 3 aromatic rings. The van der Waals surface area contributed by atoms with Crippen LogP contribution < -0.4 is 10.1 Å². The molecule has 2 unspecified atom stereocenters. The van der Waals surface area contributed by atoms with E-state index in [2.05, 4.69) is 37.0 Å². The average Bonchev–Trinajstić information content (AvgIpc) is 3.24. The van der Waals surface area contributed by atoms with Crippen LogP contribution in [-0.2, 0) is 4.79 Å². The van der Waals surface area contributed by atoms with Crippen LogP contribution in [-0.4, -0.2) is 49.1 Å². The van der Waals surface area contributed by atoms with Gasteiger partial charge in [0.25, 0.3) is 0 Å². The number of H-pyrrole nitrogens is 1. The fourth-order valence-electron chi connectivity index (χ4n) is 3.39. The average molecular weight is 435 g/mol. The van der Waals surface area contributed by atoms with E-state index in [0.717, 1.165) is 11.3 Å². The molecular weight excluding hydrogens is 422 g/mol. The van der Waals surface area contributed by atoms with Gasteiger partial charge in [0.15, 0.2) is 0 Å². The number of hydrogen-bond acceptors (Lipinski definition) is 4. The SMILES string of the molecule is Cc1[nH]ncc1-c1cc([As])c2nc(C3CC3(C(N)=O)C(F)(F)F)ccc2n1. The van der Waals surface area contributed by atoms with Crippen molar-refractivity contribution < 1.29 is 18.0 Å². The summed E-state index contributed by atoms with van der Waals surface area (Å²) in [4.78, 5) is 20.4. The van der Waals surface area contributed by atoms with Gasteiger partial charge in [-0.15, -0.1) is 0 Å². The Bertz CT molecular complexity index is 1080. The summed E-state index contributed by atoms with van der Waals surface area (Å²) in [6, 6.07) is 4.89. The van der Waals surface area contributed by atoms with Crippen LogP contribution in [0.5, 0.6) is 0 Å². The van der Waals surface area contributed by atoms with E-state index in [1.807, 2.05) is 6.92 Å². The van der Waals surface area contributed by atoms with Crippen LogP contribution >= 0.6 is 0 Å². The maximum absolute atomic E-state index is 13.4. The molecule has 0 spiro atoms. The molecule has 2 atom stereocenters. The third-order valence-corrected chi connectivity index (χ3v) is 5.74. The van der Waals surface area contributed by atoms with Gasteiger partial charge in [0.05, 0.1) is 0 Å². The van der Waals surface area contributed by atoms with Gasteiger partial charge in [0.1, 0.15) is 0 Å². The topological polar surface area (TPSA) is 97.5 Å². The minimum atomic E-state index is -4.70. The first kappa shape index (κ1) is 18.0. The predicted molar refractivity (Wildman–Crippen MR) is 92.3 cm³/mol. The predicted octanol–water partition coefficient (Wildman–Crippen LogP) is 1.64. The second-order valence-electron chi connectivity index (χ2n) is 6.63. The molecule has 1 saturated carbocycles. The number of pyridine rings is 2. The summed E-state index contributed by atoms with van der Waals surface area (Å²) >= 11 is 2.35. The first-order valence-electron chi connectivity index (χ1n) is 8.03. The van der Waals surface area contributed by atoms with Crippen LogP contribution in [0.3, 0.4) is 0 Å². The number of amides is 1.